The van der Waals surface area contributed by atoms with E-state index in [1.165, 1.54) is 11.8 Å². The highest BCUT2D eigenvalue weighted by molar-refractivity contribution is 9.10. The van der Waals surface area contributed by atoms with Crippen LogP contribution in [0.1, 0.15) is 16.7 Å². The third-order valence-electron chi connectivity index (χ3n) is 5.85. The number of aliphatic imine (C=N–C) groups is 1. The largest absolute Gasteiger partial charge is 0.493 e. The molecule has 5 rings (SSSR count). The van der Waals surface area contributed by atoms with E-state index in [4.69, 9.17) is 14.5 Å². The van der Waals surface area contributed by atoms with Crippen LogP contribution in [0.15, 0.2) is 117 Å². The van der Waals surface area contributed by atoms with Gasteiger partial charge < -0.3 is 9.47 Å². The fourth-order valence-corrected chi connectivity index (χ4v) is 5.16. The summed E-state index contributed by atoms with van der Waals surface area (Å²) in [6, 6.07) is 33.3. The van der Waals surface area contributed by atoms with Crippen LogP contribution >= 0.6 is 27.7 Å². The van der Waals surface area contributed by atoms with Crippen LogP contribution in [0.4, 0.5) is 5.69 Å². The van der Waals surface area contributed by atoms with Gasteiger partial charge in [-0.2, -0.15) is 0 Å². The van der Waals surface area contributed by atoms with Gasteiger partial charge >= 0.3 is 0 Å². The van der Waals surface area contributed by atoms with Gasteiger partial charge in [-0.25, -0.2) is 4.99 Å². The first-order valence-electron chi connectivity index (χ1n) is 12.0. The van der Waals surface area contributed by atoms with Crippen molar-refractivity contribution in [2.24, 2.45) is 4.99 Å². The van der Waals surface area contributed by atoms with Crippen molar-refractivity contribution in [3.63, 3.8) is 0 Å². The lowest BCUT2D eigenvalue weighted by molar-refractivity contribution is -0.122. The molecule has 1 aliphatic heterocycles. The van der Waals surface area contributed by atoms with Crippen LogP contribution < -0.4 is 9.47 Å². The maximum absolute atomic E-state index is 13.5. The number of carbonyl (C=O) groups is 1. The SMILES string of the molecule is COc1cc(/C=C2/SC(=Nc3ccccc3)N(Cc3ccccc3)C2=O)ccc1OCc1ccc(Br)cc1. The third-order valence-corrected chi connectivity index (χ3v) is 7.38. The van der Waals surface area contributed by atoms with Crippen LogP contribution in [-0.4, -0.2) is 23.1 Å². The first-order chi connectivity index (χ1) is 18.6. The molecule has 1 saturated heterocycles. The summed E-state index contributed by atoms with van der Waals surface area (Å²) in [5.74, 6) is 1.16. The van der Waals surface area contributed by atoms with E-state index >= 15 is 0 Å². The van der Waals surface area contributed by atoms with Gasteiger partial charge in [0, 0.05) is 4.47 Å². The summed E-state index contributed by atoms with van der Waals surface area (Å²) in [6.45, 7) is 0.869. The summed E-state index contributed by atoms with van der Waals surface area (Å²) in [4.78, 5) is 20.6. The number of carbonyl (C=O) groups excluding carboxylic acids is 1. The molecule has 0 unspecified atom stereocenters. The van der Waals surface area contributed by atoms with Gasteiger partial charge in [-0.1, -0.05) is 82.7 Å². The van der Waals surface area contributed by atoms with Gasteiger partial charge in [-0.05, 0) is 70.9 Å². The number of ether oxygens (including phenoxy) is 2. The molecule has 4 aromatic rings. The van der Waals surface area contributed by atoms with E-state index in [0.29, 0.717) is 34.7 Å². The van der Waals surface area contributed by atoms with Gasteiger partial charge in [0.1, 0.15) is 6.61 Å². The van der Waals surface area contributed by atoms with Crippen molar-refractivity contribution in [2.45, 2.75) is 13.2 Å². The smallest absolute Gasteiger partial charge is 0.267 e. The molecule has 5 nitrogen and oxygen atoms in total. The fraction of sp³-hybridized carbons (Fsp3) is 0.0968. The van der Waals surface area contributed by atoms with Gasteiger partial charge in [0.2, 0.25) is 0 Å². The zero-order valence-corrected chi connectivity index (χ0v) is 23.1. The Bertz CT molecular complexity index is 1470. The lowest BCUT2D eigenvalue weighted by Crippen LogP contribution is -2.28. The van der Waals surface area contributed by atoms with E-state index in [9.17, 15) is 4.79 Å². The molecule has 0 saturated carbocycles. The van der Waals surface area contributed by atoms with E-state index in [1.807, 2.05) is 109 Å². The van der Waals surface area contributed by atoms with Crippen LogP contribution in [0.25, 0.3) is 6.08 Å². The van der Waals surface area contributed by atoms with E-state index < -0.39 is 0 Å². The van der Waals surface area contributed by atoms with E-state index in [2.05, 4.69) is 15.9 Å². The molecule has 0 radical (unpaired) electrons. The monoisotopic (exact) mass is 584 g/mol. The predicted molar refractivity (Wildman–Crippen MR) is 158 cm³/mol. The zero-order valence-electron chi connectivity index (χ0n) is 20.7. The molecule has 7 heteroatoms. The Labute approximate surface area is 234 Å². The molecule has 1 amide bonds. The van der Waals surface area contributed by atoms with Crippen LogP contribution in [0.5, 0.6) is 11.5 Å². The number of hydrogen-bond acceptors (Lipinski definition) is 5. The van der Waals surface area contributed by atoms with Gasteiger partial charge in [0.05, 0.1) is 24.2 Å². The standard InChI is InChI=1S/C31H25BrN2O3S/c1-36-28-18-24(14-17-27(28)37-21-23-12-15-25(32)16-13-23)19-29-30(35)34(20-22-8-4-2-5-9-22)31(38-29)33-26-10-6-3-7-11-26/h2-19H,20-21H2,1H3/b29-19+,33-31?. The second-order valence-electron chi connectivity index (χ2n) is 8.54. The quantitative estimate of drug-likeness (QED) is 0.198. The number of benzene rings is 4. The van der Waals surface area contributed by atoms with E-state index in [-0.39, 0.29) is 5.91 Å². The third kappa shape index (κ3) is 6.36. The second kappa shape index (κ2) is 12.2. The molecule has 0 N–H and O–H groups in total. The first-order valence-corrected chi connectivity index (χ1v) is 13.6. The number of nitrogens with zero attached hydrogens (tertiary/aromatic N) is 2. The summed E-state index contributed by atoms with van der Waals surface area (Å²) in [7, 11) is 1.61. The Kier molecular flexibility index (Phi) is 8.26. The molecular weight excluding hydrogens is 560 g/mol. The van der Waals surface area contributed by atoms with Gasteiger partial charge in [0.15, 0.2) is 16.7 Å². The fourth-order valence-electron chi connectivity index (χ4n) is 3.90. The number of methoxy groups -OCH3 is 1. The van der Waals surface area contributed by atoms with Crippen molar-refractivity contribution in [1.29, 1.82) is 0 Å². The van der Waals surface area contributed by atoms with Gasteiger partial charge in [-0.3, -0.25) is 9.69 Å². The van der Waals surface area contributed by atoms with Gasteiger partial charge in [0.25, 0.3) is 5.91 Å². The number of halogens is 1. The Morgan fingerprint density at radius 3 is 2.29 bits per heavy atom. The molecule has 0 spiro atoms. The summed E-state index contributed by atoms with van der Waals surface area (Å²) >= 11 is 4.82. The highest BCUT2D eigenvalue weighted by atomic mass is 79.9. The number of amides is 1. The summed E-state index contributed by atoms with van der Waals surface area (Å²) in [5.41, 5.74) is 3.74. The Morgan fingerprint density at radius 2 is 1.58 bits per heavy atom. The highest BCUT2D eigenvalue weighted by Crippen LogP contribution is 2.37. The van der Waals surface area contributed by atoms with Gasteiger partial charge in [-0.15, -0.1) is 0 Å². The number of para-hydroxylation sites is 1. The molecule has 38 heavy (non-hydrogen) atoms. The minimum absolute atomic E-state index is 0.0805. The zero-order chi connectivity index (χ0) is 26.3. The topological polar surface area (TPSA) is 51.1 Å². The highest BCUT2D eigenvalue weighted by Gasteiger charge is 2.33. The van der Waals surface area contributed by atoms with Crippen molar-refractivity contribution in [2.75, 3.05) is 7.11 Å². The van der Waals surface area contributed by atoms with Crippen molar-refractivity contribution in [3.05, 3.63) is 129 Å². The Morgan fingerprint density at radius 1 is 0.868 bits per heavy atom. The maximum atomic E-state index is 13.5. The molecule has 190 valence electrons. The maximum Gasteiger partial charge on any atom is 0.267 e. The van der Waals surface area contributed by atoms with Crippen LogP contribution in [0.3, 0.4) is 0 Å². The number of thioether (sulfide) groups is 1. The molecule has 0 aromatic heterocycles. The minimum atomic E-state index is -0.0805. The first kappa shape index (κ1) is 25.8. The van der Waals surface area contributed by atoms with Crippen molar-refractivity contribution >= 4 is 50.5 Å². The van der Waals surface area contributed by atoms with Crippen LogP contribution in [-0.2, 0) is 17.9 Å². The molecule has 1 fully saturated rings. The average molecular weight is 586 g/mol. The minimum Gasteiger partial charge on any atom is -0.493 e. The number of amidine groups is 1. The lowest BCUT2D eigenvalue weighted by atomic mass is 10.1. The van der Waals surface area contributed by atoms with E-state index in [0.717, 1.165) is 26.9 Å². The number of rotatable bonds is 8. The molecule has 0 atom stereocenters. The summed E-state index contributed by atoms with van der Waals surface area (Å²) in [6.07, 6.45) is 1.87. The molecule has 0 bridgehead atoms. The molecule has 4 aromatic carbocycles. The molecular formula is C31H25BrN2O3S. The molecule has 0 aliphatic carbocycles. The van der Waals surface area contributed by atoms with Crippen LogP contribution in [0, 0.1) is 0 Å². The van der Waals surface area contributed by atoms with Crippen molar-refractivity contribution in [1.82, 2.24) is 4.90 Å². The summed E-state index contributed by atoms with van der Waals surface area (Å²) < 4.78 is 12.6. The second-order valence-corrected chi connectivity index (χ2v) is 10.5. The van der Waals surface area contributed by atoms with Crippen molar-refractivity contribution < 1.29 is 14.3 Å². The lowest BCUT2D eigenvalue weighted by Gasteiger charge is -2.15. The predicted octanol–water partition coefficient (Wildman–Crippen LogP) is 7.84. The Hall–Kier alpha value is -3.81. The molecule has 1 aliphatic rings. The normalized spacial score (nSPS) is 15.3. The van der Waals surface area contributed by atoms with Crippen molar-refractivity contribution in [3.8, 4) is 11.5 Å². The van der Waals surface area contributed by atoms with E-state index in [1.54, 1.807) is 12.0 Å². The molecule has 1 heterocycles. The average Bonchev–Trinajstić information content (AvgIpc) is 3.23. The van der Waals surface area contributed by atoms with Crippen LogP contribution in [0.2, 0.25) is 0 Å². The summed E-state index contributed by atoms with van der Waals surface area (Å²) in [5, 5.41) is 0.651. The number of hydrogen-bond donors (Lipinski definition) is 0. The Balaban J connectivity index is 1.39.